The fourth-order valence-corrected chi connectivity index (χ4v) is 2.41. The van der Waals surface area contributed by atoms with Crippen LogP contribution in [-0.4, -0.2) is 9.97 Å². The standard InChI is InChI=1S/C10H12N2S2/c1-5(2)8-4-7-10(14-8)11-6(3)9(13)12-7/h4-5H,1-3H3,(H,12,13). The van der Waals surface area contributed by atoms with Gasteiger partial charge in [0.15, 0.2) is 0 Å². The summed E-state index contributed by atoms with van der Waals surface area (Å²) in [6.07, 6.45) is 0. The van der Waals surface area contributed by atoms with Gasteiger partial charge in [-0.25, -0.2) is 9.97 Å². The fourth-order valence-electron chi connectivity index (χ4n) is 1.23. The molecule has 0 atom stereocenters. The molecule has 0 radical (unpaired) electrons. The Labute approximate surface area is 92.8 Å². The van der Waals surface area contributed by atoms with E-state index in [0.717, 1.165) is 21.1 Å². The second-order valence-electron chi connectivity index (χ2n) is 3.63. The molecule has 0 spiro atoms. The van der Waals surface area contributed by atoms with Crippen molar-refractivity contribution in [2.75, 3.05) is 0 Å². The van der Waals surface area contributed by atoms with Crippen LogP contribution < -0.4 is 0 Å². The van der Waals surface area contributed by atoms with Gasteiger partial charge in [0.25, 0.3) is 0 Å². The molecule has 2 aromatic heterocycles. The Kier molecular flexibility index (Phi) is 2.49. The first kappa shape index (κ1) is 9.93. The number of fused-ring (bicyclic) bond motifs is 1. The van der Waals surface area contributed by atoms with E-state index >= 15 is 0 Å². The van der Waals surface area contributed by atoms with Gasteiger partial charge < -0.3 is 0 Å². The van der Waals surface area contributed by atoms with Crippen LogP contribution in [-0.2, 0) is 0 Å². The molecule has 2 heterocycles. The maximum absolute atomic E-state index is 4.46. The lowest BCUT2D eigenvalue weighted by Crippen LogP contribution is -1.86. The molecule has 2 nitrogen and oxygen atoms in total. The normalized spacial score (nSPS) is 11.5. The highest BCUT2D eigenvalue weighted by Crippen LogP contribution is 2.29. The Morgan fingerprint density at radius 1 is 1.36 bits per heavy atom. The van der Waals surface area contributed by atoms with Crippen LogP contribution in [0.5, 0.6) is 0 Å². The lowest BCUT2D eigenvalue weighted by atomic mass is 10.2. The largest absolute Gasteiger partial charge is 0.238 e. The number of hydrogen-bond donors (Lipinski definition) is 1. The number of aromatic nitrogens is 2. The highest BCUT2D eigenvalue weighted by molar-refractivity contribution is 7.80. The van der Waals surface area contributed by atoms with E-state index in [-0.39, 0.29) is 0 Å². The van der Waals surface area contributed by atoms with E-state index in [1.807, 2.05) is 6.92 Å². The predicted octanol–water partition coefficient (Wildman–Crippen LogP) is 3.41. The average molecular weight is 224 g/mol. The first-order chi connectivity index (χ1) is 6.58. The van der Waals surface area contributed by atoms with Gasteiger partial charge in [-0.1, -0.05) is 13.8 Å². The van der Waals surface area contributed by atoms with Crippen LogP contribution in [0.25, 0.3) is 10.3 Å². The molecule has 0 unspecified atom stereocenters. The molecule has 0 aliphatic carbocycles. The molecule has 2 aromatic rings. The van der Waals surface area contributed by atoms with Crippen molar-refractivity contribution >= 4 is 34.3 Å². The third-order valence-corrected chi connectivity index (χ3v) is 3.84. The molecular weight excluding hydrogens is 212 g/mol. The third-order valence-electron chi connectivity index (χ3n) is 2.10. The van der Waals surface area contributed by atoms with E-state index in [1.165, 1.54) is 4.88 Å². The molecule has 0 fully saturated rings. The smallest absolute Gasteiger partial charge is 0.142 e. The van der Waals surface area contributed by atoms with Crippen molar-refractivity contribution in [2.45, 2.75) is 31.7 Å². The molecule has 0 saturated carbocycles. The Bertz CT molecular complexity index is 435. The summed E-state index contributed by atoms with van der Waals surface area (Å²) in [6.45, 7) is 6.29. The van der Waals surface area contributed by atoms with Crippen LogP contribution in [0, 0.1) is 6.92 Å². The lowest BCUT2D eigenvalue weighted by Gasteiger charge is -1.95. The molecule has 0 aliphatic heterocycles. The summed E-state index contributed by atoms with van der Waals surface area (Å²) >= 11 is 5.99. The van der Waals surface area contributed by atoms with Crippen molar-refractivity contribution in [1.29, 1.82) is 0 Å². The lowest BCUT2D eigenvalue weighted by molar-refractivity contribution is 0.890. The van der Waals surface area contributed by atoms with Crippen molar-refractivity contribution in [2.24, 2.45) is 0 Å². The molecule has 74 valence electrons. The summed E-state index contributed by atoms with van der Waals surface area (Å²) in [6, 6.07) is 2.11. The number of thiophene rings is 1. The van der Waals surface area contributed by atoms with Crippen LogP contribution in [0.3, 0.4) is 0 Å². The van der Waals surface area contributed by atoms with E-state index < -0.39 is 0 Å². The molecule has 0 amide bonds. The fraction of sp³-hybridized carbons (Fsp3) is 0.400. The molecular formula is C10H12N2S2. The highest BCUT2D eigenvalue weighted by atomic mass is 32.1. The van der Waals surface area contributed by atoms with Crippen molar-refractivity contribution < 1.29 is 0 Å². The number of nitrogens with zero attached hydrogens (tertiary/aromatic N) is 2. The van der Waals surface area contributed by atoms with Crippen LogP contribution in [0.15, 0.2) is 11.1 Å². The minimum absolute atomic E-state index is 0.541. The Morgan fingerprint density at radius 3 is 2.71 bits per heavy atom. The summed E-state index contributed by atoms with van der Waals surface area (Å²) in [5.41, 5.74) is 1.87. The number of aryl methyl sites for hydroxylation is 1. The minimum Gasteiger partial charge on any atom is -0.238 e. The van der Waals surface area contributed by atoms with Gasteiger partial charge in [0, 0.05) is 4.88 Å². The van der Waals surface area contributed by atoms with E-state index in [2.05, 4.69) is 42.5 Å². The maximum Gasteiger partial charge on any atom is 0.142 e. The van der Waals surface area contributed by atoms with E-state index in [1.54, 1.807) is 11.3 Å². The van der Waals surface area contributed by atoms with Crippen molar-refractivity contribution in [3.63, 3.8) is 0 Å². The zero-order valence-electron chi connectivity index (χ0n) is 8.40. The van der Waals surface area contributed by atoms with E-state index in [4.69, 9.17) is 0 Å². The summed E-state index contributed by atoms with van der Waals surface area (Å²) in [4.78, 5) is 11.2. The predicted molar refractivity (Wildman–Crippen MR) is 63.5 cm³/mol. The monoisotopic (exact) mass is 224 g/mol. The van der Waals surface area contributed by atoms with Crippen LogP contribution >= 0.6 is 24.0 Å². The number of rotatable bonds is 1. The Morgan fingerprint density at radius 2 is 2.07 bits per heavy atom. The van der Waals surface area contributed by atoms with Gasteiger partial charge in [0.05, 0.1) is 5.69 Å². The SMILES string of the molecule is Cc1nc2sc(C(C)C)cc2nc1S. The Hall–Kier alpha value is -0.610. The second-order valence-corrected chi connectivity index (χ2v) is 5.11. The summed E-state index contributed by atoms with van der Waals surface area (Å²) in [5, 5.41) is 0.727. The molecule has 0 saturated heterocycles. The van der Waals surface area contributed by atoms with Crippen LogP contribution in [0.4, 0.5) is 0 Å². The van der Waals surface area contributed by atoms with Crippen LogP contribution in [0.2, 0.25) is 0 Å². The minimum atomic E-state index is 0.541. The first-order valence-corrected chi connectivity index (χ1v) is 5.81. The van der Waals surface area contributed by atoms with E-state index in [9.17, 15) is 0 Å². The summed E-state index contributed by atoms with van der Waals surface area (Å²) < 4.78 is 0. The zero-order chi connectivity index (χ0) is 10.3. The van der Waals surface area contributed by atoms with Crippen molar-refractivity contribution in [3.05, 3.63) is 16.6 Å². The van der Waals surface area contributed by atoms with Crippen molar-refractivity contribution in [3.8, 4) is 0 Å². The van der Waals surface area contributed by atoms with E-state index in [0.29, 0.717) is 5.92 Å². The third kappa shape index (κ3) is 1.64. The number of hydrogen-bond acceptors (Lipinski definition) is 4. The first-order valence-electron chi connectivity index (χ1n) is 4.55. The van der Waals surface area contributed by atoms with Gasteiger partial charge in [0.2, 0.25) is 0 Å². The van der Waals surface area contributed by atoms with Gasteiger partial charge in [-0.2, -0.15) is 0 Å². The second kappa shape index (κ2) is 3.51. The quantitative estimate of drug-likeness (QED) is 0.751. The van der Waals surface area contributed by atoms with Gasteiger partial charge in [-0.15, -0.1) is 24.0 Å². The van der Waals surface area contributed by atoms with Gasteiger partial charge in [-0.05, 0) is 18.9 Å². The Balaban J connectivity index is 2.66. The molecule has 4 heteroatoms. The average Bonchev–Trinajstić information content (AvgIpc) is 2.48. The van der Waals surface area contributed by atoms with Crippen LogP contribution in [0.1, 0.15) is 30.3 Å². The van der Waals surface area contributed by atoms with Crippen molar-refractivity contribution in [1.82, 2.24) is 9.97 Å². The molecule has 0 aliphatic rings. The van der Waals surface area contributed by atoms with Gasteiger partial charge >= 0.3 is 0 Å². The molecule has 14 heavy (non-hydrogen) atoms. The van der Waals surface area contributed by atoms with Gasteiger partial charge in [-0.3, -0.25) is 0 Å². The maximum atomic E-state index is 4.46. The number of thiol groups is 1. The molecule has 2 rings (SSSR count). The van der Waals surface area contributed by atoms with Gasteiger partial charge in [0.1, 0.15) is 15.4 Å². The highest BCUT2D eigenvalue weighted by Gasteiger charge is 2.09. The zero-order valence-corrected chi connectivity index (χ0v) is 10.1. The summed E-state index contributed by atoms with van der Waals surface area (Å²) in [7, 11) is 0. The topological polar surface area (TPSA) is 25.8 Å². The molecule has 0 N–H and O–H groups in total. The molecule has 0 bridgehead atoms. The summed E-state index contributed by atoms with van der Waals surface area (Å²) in [5.74, 6) is 0.541. The molecule has 0 aromatic carbocycles.